The van der Waals surface area contributed by atoms with Gasteiger partial charge in [-0.25, -0.2) is 18.1 Å². The quantitative estimate of drug-likeness (QED) is 0.225. The zero-order valence-corrected chi connectivity index (χ0v) is 29.8. The summed E-state index contributed by atoms with van der Waals surface area (Å²) in [5.41, 5.74) is 4.18. The van der Waals surface area contributed by atoms with Crippen LogP contribution in [0.15, 0.2) is 77.7 Å². The molecular weight excluding hydrogens is 635 g/mol. The minimum atomic E-state index is -4.18. The number of hydrogen-bond donors (Lipinski definition) is 1. The lowest BCUT2D eigenvalue weighted by Crippen LogP contribution is -2.45. The smallest absolute Gasteiger partial charge is 0.264 e. The number of nitrogens with zero attached hydrogens (tertiary/aromatic N) is 4. The molecule has 0 spiro atoms. The Morgan fingerprint density at radius 2 is 1.63 bits per heavy atom. The Kier molecular flexibility index (Phi) is 9.85. The Morgan fingerprint density at radius 1 is 0.959 bits per heavy atom. The number of fused-ring (bicyclic) bond motifs is 4. The summed E-state index contributed by atoms with van der Waals surface area (Å²) in [6, 6.07) is 22.9. The molecule has 5 rings (SSSR count). The predicted octanol–water partition coefficient (Wildman–Crippen LogP) is 7.30. The molecule has 0 aliphatic carbocycles. The van der Waals surface area contributed by atoms with Crippen molar-refractivity contribution in [3.05, 3.63) is 101 Å². The number of carbonyl (C=O) groups excluding carboxylic acids is 1. The van der Waals surface area contributed by atoms with E-state index < -0.39 is 21.5 Å². The highest BCUT2D eigenvalue weighted by atomic mass is 32.2. The van der Waals surface area contributed by atoms with Crippen molar-refractivity contribution < 1.29 is 17.9 Å². The lowest BCUT2D eigenvalue weighted by atomic mass is 9.87. The van der Waals surface area contributed by atoms with Gasteiger partial charge in [0.1, 0.15) is 12.0 Å². The van der Waals surface area contributed by atoms with Crippen LogP contribution < -0.4 is 9.46 Å². The van der Waals surface area contributed by atoms with Gasteiger partial charge >= 0.3 is 0 Å². The van der Waals surface area contributed by atoms with Gasteiger partial charge in [-0.2, -0.15) is 10.2 Å². The average Bonchev–Trinajstić information content (AvgIpc) is 3.04. The number of nitrogens with one attached hydrogen (secondary N) is 1. The summed E-state index contributed by atoms with van der Waals surface area (Å²) in [7, 11) is -4.18. The molecular formula is C39H41N5O4S. The highest BCUT2D eigenvalue weighted by Gasteiger charge is 2.31. The number of anilines is 1. The van der Waals surface area contributed by atoms with E-state index in [4.69, 9.17) is 4.74 Å². The first kappa shape index (κ1) is 35.1. The third-order valence-corrected chi connectivity index (χ3v) is 9.46. The summed E-state index contributed by atoms with van der Waals surface area (Å²) < 4.78 is 36.2. The molecule has 252 valence electrons. The Hall–Kier alpha value is -5.19. The monoisotopic (exact) mass is 675 g/mol. The first-order valence-electron chi connectivity index (χ1n) is 16.1. The van der Waals surface area contributed by atoms with Crippen LogP contribution in [-0.2, 0) is 16.6 Å². The number of carbonyl (C=O) groups is 1. The van der Waals surface area contributed by atoms with Crippen LogP contribution in [0.4, 0.5) is 5.95 Å². The molecule has 10 heteroatoms. The molecule has 2 heterocycles. The number of aromatic nitrogens is 2. The van der Waals surface area contributed by atoms with Crippen LogP contribution in [0.1, 0.15) is 73.7 Å². The van der Waals surface area contributed by atoms with Gasteiger partial charge in [0.2, 0.25) is 11.8 Å². The van der Waals surface area contributed by atoms with Gasteiger partial charge < -0.3 is 9.64 Å². The molecule has 4 aromatic rings. The normalized spacial score (nSPS) is 16.0. The standard InChI is InChI=1S/C39H41N5O4S/c1-26-10-8-11-27(2)35(26)33-21-34-42-37(41-33)43-49(46,47)32-13-9-12-30(20-32)36(45)44(31(24-48-34)22-38(3,4)5)23-29-16-14-28(15-17-29)18-19-39(6,7)25-40/h8-17,20-21,31H,22-24H2,1-7H3,(H,41,42,43)/t31-/m1/s1. The summed E-state index contributed by atoms with van der Waals surface area (Å²) in [5, 5.41) is 9.32. The minimum absolute atomic E-state index is 0.0864. The van der Waals surface area contributed by atoms with E-state index in [2.05, 4.69) is 53.4 Å². The van der Waals surface area contributed by atoms with Crippen LogP contribution in [0.3, 0.4) is 0 Å². The molecule has 3 aromatic carbocycles. The molecule has 0 saturated carbocycles. The van der Waals surface area contributed by atoms with Crippen molar-refractivity contribution in [3.63, 3.8) is 0 Å². The zero-order valence-electron chi connectivity index (χ0n) is 29.0. The van der Waals surface area contributed by atoms with Crippen molar-refractivity contribution >= 4 is 21.9 Å². The van der Waals surface area contributed by atoms with Gasteiger partial charge in [-0.1, -0.05) is 69.0 Å². The van der Waals surface area contributed by atoms with Gasteiger partial charge in [0.15, 0.2) is 0 Å². The summed E-state index contributed by atoms with van der Waals surface area (Å²) in [6.45, 7) is 14.1. The maximum atomic E-state index is 14.4. The molecule has 0 fully saturated rings. The molecule has 1 aromatic heterocycles. The molecule has 0 unspecified atom stereocenters. The summed E-state index contributed by atoms with van der Waals surface area (Å²) >= 11 is 0. The molecule has 1 amide bonds. The van der Waals surface area contributed by atoms with Gasteiger partial charge in [0.05, 0.1) is 22.7 Å². The number of rotatable bonds is 4. The number of hydrogen-bond acceptors (Lipinski definition) is 7. The highest BCUT2D eigenvalue weighted by Crippen LogP contribution is 2.32. The van der Waals surface area contributed by atoms with Crippen molar-refractivity contribution in [1.82, 2.24) is 14.9 Å². The molecule has 0 radical (unpaired) electrons. The van der Waals surface area contributed by atoms with Crippen molar-refractivity contribution in [1.29, 1.82) is 5.26 Å². The zero-order chi connectivity index (χ0) is 35.6. The fraction of sp³-hybridized carbons (Fsp3) is 0.333. The number of ether oxygens (including phenoxy) is 1. The lowest BCUT2D eigenvalue weighted by molar-refractivity contribution is 0.0513. The second-order valence-corrected chi connectivity index (χ2v) is 15.8. The summed E-state index contributed by atoms with van der Waals surface area (Å²) in [6.07, 6.45) is 0.587. The Morgan fingerprint density at radius 3 is 2.29 bits per heavy atom. The molecule has 1 aliphatic rings. The van der Waals surface area contributed by atoms with Gasteiger partial charge in [0, 0.05) is 29.3 Å². The number of nitriles is 1. The topological polar surface area (TPSA) is 125 Å². The Labute approximate surface area is 289 Å². The fourth-order valence-corrected chi connectivity index (χ4v) is 6.68. The van der Waals surface area contributed by atoms with E-state index in [1.54, 1.807) is 36.9 Å². The average molecular weight is 676 g/mol. The van der Waals surface area contributed by atoms with Crippen molar-refractivity contribution in [3.8, 4) is 35.0 Å². The second-order valence-electron chi connectivity index (χ2n) is 14.2. The SMILES string of the molecule is Cc1cccc(C)c1-c1cc2nc(n1)NS(=O)(=O)c1cccc(c1)C(=O)N(Cc1ccc(C#CC(C)(C)C#N)cc1)[C@H](CC(C)(C)C)CO2. The van der Waals surface area contributed by atoms with Gasteiger partial charge in [-0.15, -0.1) is 0 Å². The molecule has 1 N–H and O–H groups in total. The van der Waals surface area contributed by atoms with E-state index in [1.807, 2.05) is 56.3 Å². The third-order valence-electron chi connectivity index (χ3n) is 8.14. The maximum absolute atomic E-state index is 14.4. The fourth-order valence-electron chi connectivity index (χ4n) is 5.69. The van der Waals surface area contributed by atoms with Crippen molar-refractivity contribution in [2.24, 2.45) is 10.8 Å². The first-order valence-corrected chi connectivity index (χ1v) is 17.6. The number of benzene rings is 3. The molecule has 1 atom stereocenters. The van der Waals surface area contributed by atoms with E-state index in [9.17, 15) is 18.5 Å². The summed E-state index contributed by atoms with van der Waals surface area (Å²) in [4.78, 5) is 25.1. The Bertz CT molecular complexity index is 2080. The van der Waals surface area contributed by atoms with E-state index in [0.29, 0.717) is 12.1 Å². The van der Waals surface area contributed by atoms with Crippen molar-refractivity contribution in [2.75, 3.05) is 11.3 Å². The van der Waals surface area contributed by atoms with Gasteiger partial charge in [-0.3, -0.25) is 4.79 Å². The van der Waals surface area contributed by atoms with Crippen molar-refractivity contribution in [2.45, 2.75) is 72.4 Å². The molecule has 0 saturated heterocycles. The van der Waals surface area contributed by atoms with E-state index in [-0.39, 0.29) is 46.8 Å². The highest BCUT2D eigenvalue weighted by molar-refractivity contribution is 7.92. The third kappa shape index (κ3) is 8.65. The van der Waals surface area contributed by atoms with E-state index >= 15 is 0 Å². The van der Waals surface area contributed by atoms with Crippen LogP contribution in [-0.4, -0.2) is 41.8 Å². The molecule has 1 aliphatic heterocycles. The van der Waals surface area contributed by atoms with E-state index in [1.165, 1.54) is 12.1 Å². The van der Waals surface area contributed by atoms with Crippen LogP contribution in [0.25, 0.3) is 11.3 Å². The lowest BCUT2D eigenvalue weighted by Gasteiger charge is -2.36. The summed E-state index contributed by atoms with van der Waals surface area (Å²) in [5.74, 6) is 5.77. The maximum Gasteiger partial charge on any atom is 0.264 e. The second kappa shape index (κ2) is 13.7. The number of aryl methyl sites for hydroxylation is 2. The number of sulfonamides is 1. The van der Waals surface area contributed by atoms with E-state index in [0.717, 1.165) is 27.8 Å². The van der Waals surface area contributed by atoms with Crippen LogP contribution in [0.5, 0.6) is 5.88 Å². The molecule has 49 heavy (non-hydrogen) atoms. The number of amides is 1. The van der Waals surface area contributed by atoms with Crippen LogP contribution in [0, 0.1) is 47.8 Å². The van der Waals surface area contributed by atoms with Gasteiger partial charge in [0.25, 0.3) is 15.9 Å². The molecule has 9 nitrogen and oxygen atoms in total. The molecule has 4 bridgehead atoms. The van der Waals surface area contributed by atoms with Crippen LogP contribution >= 0.6 is 0 Å². The first-order chi connectivity index (χ1) is 23.0. The Balaban J connectivity index is 1.62. The largest absolute Gasteiger partial charge is 0.475 e. The predicted molar refractivity (Wildman–Crippen MR) is 190 cm³/mol. The minimum Gasteiger partial charge on any atom is -0.475 e. The van der Waals surface area contributed by atoms with Crippen LogP contribution in [0.2, 0.25) is 0 Å². The van der Waals surface area contributed by atoms with Gasteiger partial charge in [-0.05, 0) is 86.6 Å².